The SMILES string of the molecule is CC[C@H](C)[C@H](C)[C@@H](CC(=O)N1CCC[C@H]1[C@H](OC)[C@@H](C)C(=O)N[C@@H](Cc1ccccc1)C(=O)N1CC(O)CO1)OC. The fourth-order valence-electron chi connectivity index (χ4n) is 5.95. The molecule has 2 N–H and O–H groups in total. The van der Waals surface area contributed by atoms with Gasteiger partial charge in [0.2, 0.25) is 11.8 Å². The predicted octanol–water partition coefficient (Wildman–Crippen LogP) is 2.58. The van der Waals surface area contributed by atoms with Gasteiger partial charge in [0.1, 0.15) is 18.8 Å². The molecule has 1 aromatic carbocycles. The van der Waals surface area contributed by atoms with Crippen LogP contribution in [0.4, 0.5) is 0 Å². The van der Waals surface area contributed by atoms with Crippen LogP contribution in [0.1, 0.15) is 58.9 Å². The van der Waals surface area contributed by atoms with Crippen LogP contribution >= 0.6 is 0 Å². The summed E-state index contributed by atoms with van der Waals surface area (Å²) in [6.07, 6.45) is 1.62. The van der Waals surface area contributed by atoms with Crippen molar-refractivity contribution in [1.29, 1.82) is 0 Å². The lowest BCUT2D eigenvalue weighted by Gasteiger charge is -2.36. The average molecular weight is 576 g/mol. The molecule has 10 heteroatoms. The first-order chi connectivity index (χ1) is 19.6. The summed E-state index contributed by atoms with van der Waals surface area (Å²) in [5.41, 5.74) is 0.883. The molecule has 2 saturated heterocycles. The minimum atomic E-state index is -0.888. The first-order valence-electron chi connectivity index (χ1n) is 14.9. The molecule has 2 aliphatic heterocycles. The van der Waals surface area contributed by atoms with E-state index in [1.165, 1.54) is 0 Å². The largest absolute Gasteiger partial charge is 0.389 e. The van der Waals surface area contributed by atoms with E-state index >= 15 is 0 Å². The molecule has 230 valence electrons. The van der Waals surface area contributed by atoms with Gasteiger partial charge in [-0.15, -0.1) is 0 Å². The summed E-state index contributed by atoms with van der Waals surface area (Å²) in [5.74, 6) is -0.724. The highest BCUT2D eigenvalue weighted by Crippen LogP contribution is 2.29. The number of hydrogen-bond donors (Lipinski definition) is 2. The second kappa shape index (κ2) is 15.6. The van der Waals surface area contributed by atoms with E-state index in [1.54, 1.807) is 21.1 Å². The van der Waals surface area contributed by atoms with Crippen molar-refractivity contribution in [2.45, 2.75) is 90.2 Å². The lowest BCUT2D eigenvalue weighted by molar-refractivity contribution is -0.172. The van der Waals surface area contributed by atoms with E-state index in [0.717, 1.165) is 29.9 Å². The zero-order chi connectivity index (χ0) is 30.1. The first kappa shape index (κ1) is 33.0. The van der Waals surface area contributed by atoms with E-state index in [9.17, 15) is 19.5 Å². The number of aliphatic hydroxyl groups is 1. The Morgan fingerprint density at radius 3 is 2.41 bits per heavy atom. The number of nitrogens with one attached hydrogen (secondary N) is 1. The molecule has 0 aliphatic carbocycles. The Morgan fingerprint density at radius 2 is 1.83 bits per heavy atom. The van der Waals surface area contributed by atoms with Crippen molar-refractivity contribution in [2.75, 3.05) is 33.9 Å². The molecule has 1 unspecified atom stereocenters. The van der Waals surface area contributed by atoms with Crippen molar-refractivity contribution in [3.63, 3.8) is 0 Å². The minimum Gasteiger partial charge on any atom is -0.389 e. The Kier molecular flexibility index (Phi) is 12.6. The number of carbonyl (C=O) groups excluding carboxylic acids is 3. The van der Waals surface area contributed by atoms with Crippen LogP contribution in [0.2, 0.25) is 0 Å². The van der Waals surface area contributed by atoms with Crippen molar-refractivity contribution in [3.8, 4) is 0 Å². The Morgan fingerprint density at radius 1 is 1.12 bits per heavy atom. The first-order valence-corrected chi connectivity index (χ1v) is 14.9. The van der Waals surface area contributed by atoms with Gasteiger partial charge in [-0.2, -0.15) is 0 Å². The number of benzene rings is 1. The molecule has 1 aromatic rings. The summed E-state index contributed by atoms with van der Waals surface area (Å²) in [5, 5.41) is 13.9. The van der Waals surface area contributed by atoms with Crippen LogP contribution in [0.25, 0.3) is 0 Å². The van der Waals surface area contributed by atoms with Crippen LogP contribution in [-0.2, 0) is 35.1 Å². The number of amides is 3. The van der Waals surface area contributed by atoms with Crippen LogP contribution < -0.4 is 5.32 Å². The Labute approximate surface area is 244 Å². The van der Waals surface area contributed by atoms with Gasteiger partial charge in [-0.3, -0.25) is 19.2 Å². The molecule has 0 saturated carbocycles. The normalized spacial score (nSPS) is 23.5. The fourth-order valence-corrected chi connectivity index (χ4v) is 5.95. The predicted molar refractivity (Wildman–Crippen MR) is 154 cm³/mol. The molecule has 41 heavy (non-hydrogen) atoms. The molecule has 10 nitrogen and oxygen atoms in total. The molecule has 3 amide bonds. The van der Waals surface area contributed by atoms with Gasteiger partial charge in [-0.25, -0.2) is 5.06 Å². The van der Waals surface area contributed by atoms with Crippen molar-refractivity contribution in [3.05, 3.63) is 35.9 Å². The number of β-amino-alcohol motifs (C(OH)–C–C–N with tert-alkyl or cyclic N) is 1. The standard InChI is InChI=1S/C31H49N3O7/c1-7-20(2)21(3)27(39-5)17-28(36)33-15-11-14-26(33)29(40-6)22(4)30(37)32-25(16-23-12-9-8-10-13-23)31(38)34-18-24(35)19-41-34/h8-10,12-13,20-22,24-27,29,35H,7,11,14-19H2,1-6H3,(H,32,37)/t20-,21-,22+,24?,25-,26-,27+,29+/m0/s1. The van der Waals surface area contributed by atoms with Crippen molar-refractivity contribution >= 4 is 17.7 Å². The van der Waals surface area contributed by atoms with E-state index in [0.29, 0.717) is 12.5 Å². The van der Waals surface area contributed by atoms with Gasteiger partial charge in [-0.05, 0) is 30.2 Å². The quantitative estimate of drug-likeness (QED) is 0.350. The molecule has 8 atom stereocenters. The van der Waals surface area contributed by atoms with Crippen LogP contribution in [0.3, 0.4) is 0 Å². The van der Waals surface area contributed by atoms with Crippen molar-refractivity contribution in [1.82, 2.24) is 15.3 Å². The molecule has 2 heterocycles. The topological polar surface area (TPSA) is 118 Å². The van der Waals surface area contributed by atoms with Crippen molar-refractivity contribution < 1.29 is 33.8 Å². The van der Waals surface area contributed by atoms with Gasteiger partial charge >= 0.3 is 0 Å². The number of hydrogen-bond acceptors (Lipinski definition) is 7. The molecular weight excluding hydrogens is 526 g/mol. The van der Waals surface area contributed by atoms with Gasteiger partial charge in [0.15, 0.2) is 0 Å². The summed E-state index contributed by atoms with van der Waals surface area (Å²) < 4.78 is 11.6. The lowest BCUT2D eigenvalue weighted by Crippen LogP contribution is -2.54. The summed E-state index contributed by atoms with van der Waals surface area (Å²) in [7, 11) is 3.22. The minimum absolute atomic E-state index is 0.00559. The number of aliphatic hydroxyl groups excluding tert-OH is 1. The number of carbonyl (C=O) groups is 3. The second-order valence-corrected chi connectivity index (χ2v) is 11.6. The lowest BCUT2D eigenvalue weighted by atomic mass is 9.87. The number of likely N-dealkylation sites (tertiary alicyclic amines) is 1. The Hall–Kier alpha value is -2.53. The zero-order valence-electron chi connectivity index (χ0n) is 25.5. The number of nitrogens with zero attached hydrogens (tertiary/aromatic N) is 2. The summed E-state index contributed by atoms with van der Waals surface area (Å²) >= 11 is 0. The van der Waals surface area contributed by atoms with Gasteiger partial charge in [0.05, 0.1) is 37.1 Å². The van der Waals surface area contributed by atoms with Gasteiger partial charge in [0, 0.05) is 27.2 Å². The van der Waals surface area contributed by atoms with Gasteiger partial charge in [-0.1, -0.05) is 64.4 Å². The monoisotopic (exact) mass is 575 g/mol. The Bertz CT molecular complexity index is 993. The third-order valence-electron chi connectivity index (χ3n) is 8.93. The van der Waals surface area contributed by atoms with E-state index in [2.05, 4.69) is 26.1 Å². The fraction of sp³-hybridized carbons (Fsp3) is 0.710. The molecule has 0 spiro atoms. The van der Waals surface area contributed by atoms with Crippen LogP contribution in [0.5, 0.6) is 0 Å². The second-order valence-electron chi connectivity index (χ2n) is 11.6. The molecule has 0 radical (unpaired) electrons. The highest BCUT2D eigenvalue weighted by Gasteiger charge is 2.42. The zero-order valence-corrected chi connectivity index (χ0v) is 25.5. The van der Waals surface area contributed by atoms with Crippen LogP contribution in [0, 0.1) is 17.8 Å². The number of ether oxygens (including phenoxy) is 2. The maximum Gasteiger partial charge on any atom is 0.269 e. The maximum absolute atomic E-state index is 13.6. The third-order valence-corrected chi connectivity index (χ3v) is 8.93. The van der Waals surface area contributed by atoms with Crippen molar-refractivity contribution in [2.24, 2.45) is 17.8 Å². The van der Waals surface area contributed by atoms with Crippen LogP contribution in [0.15, 0.2) is 30.3 Å². The molecule has 3 rings (SSSR count). The van der Waals surface area contributed by atoms with E-state index in [4.69, 9.17) is 14.3 Å². The molecule has 0 bridgehead atoms. The summed E-state index contributed by atoms with van der Waals surface area (Å²) in [6, 6.07) is 8.28. The molecule has 0 aromatic heterocycles. The third kappa shape index (κ3) is 8.50. The number of methoxy groups -OCH3 is 2. The highest BCUT2D eigenvalue weighted by atomic mass is 16.7. The maximum atomic E-state index is 13.6. The van der Waals surface area contributed by atoms with E-state index in [-0.39, 0.29) is 55.9 Å². The number of rotatable bonds is 14. The molecule has 2 aliphatic rings. The van der Waals surface area contributed by atoms with Gasteiger partial charge in [0.25, 0.3) is 5.91 Å². The van der Waals surface area contributed by atoms with Crippen LogP contribution in [-0.4, -0.2) is 97.1 Å². The highest BCUT2D eigenvalue weighted by molar-refractivity contribution is 5.88. The summed E-state index contributed by atoms with van der Waals surface area (Å²) in [4.78, 5) is 47.6. The molecular formula is C31H49N3O7. The molecule has 2 fully saturated rings. The number of hydroxylamine groups is 2. The van der Waals surface area contributed by atoms with Gasteiger partial charge < -0.3 is 24.8 Å². The van der Waals surface area contributed by atoms with E-state index < -0.39 is 30.1 Å². The smallest absolute Gasteiger partial charge is 0.269 e. The van der Waals surface area contributed by atoms with E-state index in [1.807, 2.05) is 35.2 Å². The Balaban J connectivity index is 1.71. The average Bonchev–Trinajstić information content (AvgIpc) is 3.64. The summed E-state index contributed by atoms with van der Waals surface area (Å²) in [6.45, 7) is 8.90.